The lowest BCUT2D eigenvalue weighted by molar-refractivity contribution is 0.0251. The van der Waals surface area contributed by atoms with E-state index in [-0.39, 0.29) is 0 Å². The fourth-order valence-electron chi connectivity index (χ4n) is 1.18. The number of rotatable bonds is 0. The molecule has 108 valence electrons. The molecule has 0 bridgehead atoms. The Hall–Kier alpha value is 2.76. The average Bonchev–Trinajstić information content (AvgIpc) is 2.14. The van der Waals surface area contributed by atoms with Crippen LogP contribution in [0.5, 0.6) is 0 Å². The molecule has 0 aromatic heterocycles. The molecule has 1 aliphatic carbocycles. The summed E-state index contributed by atoms with van der Waals surface area (Å²) in [5, 5.41) is -7.60. The Kier molecular flexibility index (Phi) is 4.84. The van der Waals surface area contributed by atoms with E-state index < -0.39 is 27.6 Å². The van der Waals surface area contributed by atoms with Crippen LogP contribution in [0.2, 0.25) is 0 Å². The maximum atomic E-state index is 14.3. The Morgan fingerprint density at radius 1 is 0.389 bits per heavy atom. The Balaban J connectivity index is 3.72. The molecule has 0 radical (unpaired) electrons. The molecule has 0 saturated heterocycles. The zero-order chi connectivity index (χ0) is 15.0. The summed E-state index contributed by atoms with van der Waals surface area (Å²) in [6, 6.07) is 0. The molecule has 0 aromatic carbocycles. The fraction of sp³-hybridized carbons (Fsp3) is 1.00. The second-order valence-corrected chi connectivity index (χ2v) is 9.80. The van der Waals surface area contributed by atoms with Crippen molar-refractivity contribution in [1.82, 2.24) is 0 Å². The minimum absolute atomic E-state index is 2.79. The summed E-state index contributed by atoms with van der Waals surface area (Å²) >= 11 is 55.3. The number of halogens is 12. The van der Waals surface area contributed by atoms with E-state index in [0.717, 1.165) is 0 Å². The summed E-state index contributed by atoms with van der Waals surface area (Å²) in [6.45, 7) is 0. The van der Waals surface area contributed by atoms with Gasteiger partial charge < -0.3 is 0 Å². The van der Waals surface area contributed by atoms with Crippen LogP contribution in [-0.2, 0) is 0 Å². The van der Waals surface area contributed by atoms with E-state index in [1.807, 2.05) is 0 Å². The largest absolute Gasteiger partial charge is 0.270 e. The Morgan fingerprint density at radius 2 is 0.556 bits per heavy atom. The molecule has 0 N–H and O–H groups in total. The van der Waals surface area contributed by atoms with Gasteiger partial charge in [0.1, 0.15) is 0 Å². The lowest BCUT2D eigenvalue weighted by Gasteiger charge is -2.59. The van der Waals surface area contributed by atoms with Crippen molar-refractivity contribution in [3.05, 3.63) is 0 Å². The van der Waals surface area contributed by atoms with E-state index in [1.165, 1.54) is 0 Å². The molecule has 0 aliphatic heterocycles. The third-order valence-corrected chi connectivity index (χ3v) is 9.54. The van der Waals surface area contributed by atoms with Crippen molar-refractivity contribution >= 4 is 116 Å². The predicted molar refractivity (Wildman–Crippen MR) is 77.1 cm³/mol. The second kappa shape index (κ2) is 4.63. The molecule has 18 heavy (non-hydrogen) atoms. The van der Waals surface area contributed by atoms with E-state index in [1.54, 1.807) is 0 Å². The minimum atomic E-state index is -3.80. The molecular weight excluding hydrogens is 465 g/mol. The van der Waals surface area contributed by atoms with Crippen molar-refractivity contribution in [3.63, 3.8) is 0 Å². The van der Waals surface area contributed by atoms with Crippen molar-refractivity contribution in [2.75, 3.05) is 0 Å². The van der Waals surface area contributed by atoms with Crippen LogP contribution >= 0.6 is 116 Å². The lowest BCUT2D eigenvalue weighted by Crippen LogP contribution is -2.79. The van der Waals surface area contributed by atoms with Crippen LogP contribution in [0.3, 0.4) is 0 Å². The standard InChI is InChI=1S/C6Cl10F2/c7-1(8)2(9,10)4(13,14)6(16,18)5(15,17)3(1,11)12. The molecule has 12 heteroatoms. The molecule has 0 aromatic rings. The molecule has 0 nitrogen and oxygen atoms in total. The van der Waals surface area contributed by atoms with E-state index >= 15 is 0 Å². The van der Waals surface area contributed by atoms with Gasteiger partial charge in [-0.15, -0.1) is 0 Å². The third kappa shape index (κ3) is 1.84. The van der Waals surface area contributed by atoms with Crippen LogP contribution in [0.1, 0.15) is 0 Å². The fourth-order valence-corrected chi connectivity index (χ4v) is 4.70. The smallest absolute Gasteiger partial charge is 0.218 e. The predicted octanol–water partition coefficient (Wildman–Crippen LogP) is 6.50. The highest BCUT2D eigenvalue weighted by Crippen LogP contribution is 2.76. The van der Waals surface area contributed by atoms with Crippen molar-refractivity contribution in [2.45, 2.75) is 27.6 Å². The molecule has 1 saturated carbocycles. The van der Waals surface area contributed by atoms with Crippen LogP contribution in [0.15, 0.2) is 0 Å². The molecule has 0 heterocycles. The monoisotopic (exact) mass is 460 g/mol. The highest BCUT2D eigenvalue weighted by Gasteiger charge is 2.90. The van der Waals surface area contributed by atoms with Crippen LogP contribution < -0.4 is 0 Å². The van der Waals surface area contributed by atoms with Gasteiger partial charge in [0.15, 0.2) is 8.67 Å². The van der Waals surface area contributed by atoms with Gasteiger partial charge in [-0.25, -0.2) is 8.78 Å². The average molecular weight is 465 g/mol. The molecule has 0 spiro atoms. The maximum Gasteiger partial charge on any atom is 0.270 e. The lowest BCUT2D eigenvalue weighted by atomic mass is 9.91. The molecule has 1 aliphatic rings. The van der Waals surface area contributed by atoms with Crippen molar-refractivity contribution < 1.29 is 8.78 Å². The van der Waals surface area contributed by atoms with E-state index in [4.69, 9.17) is 116 Å². The zero-order valence-corrected chi connectivity index (χ0v) is 15.1. The van der Waals surface area contributed by atoms with Gasteiger partial charge in [0.2, 0.25) is 8.67 Å². The number of alkyl halides is 12. The molecule has 2 atom stereocenters. The molecule has 0 amide bonds. The quantitative estimate of drug-likeness (QED) is 0.359. The second-order valence-electron chi connectivity index (χ2n) is 3.45. The van der Waals surface area contributed by atoms with Gasteiger partial charge in [0.05, 0.1) is 0 Å². The number of hydrogen-bond donors (Lipinski definition) is 0. The van der Waals surface area contributed by atoms with Crippen LogP contribution in [0, 0.1) is 0 Å². The first kappa shape index (κ1) is 18.8. The van der Waals surface area contributed by atoms with Gasteiger partial charge in [0.25, 0.3) is 10.3 Å². The van der Waals surface area contributed by atoms with E-state index in [2.05, 4.69) is 0 Å². The topological polar surface area (TPSA) is 0 Å². The summed E-state index contributed by atoms with van der Waals surface area (Å²) in [5.74, 6) is 0. The Labute approximate surface area is 151 Å². The molecule has 1 rings (SSSR count). The summed E-state index contributed by atoms with van der Waals surface area (Å²) in [4.78, 5) is 0. The minimum Gasteiger partial charge on any atom is -0.218 e. The SMILES string of the molecule is FC1(Cl)C(F)(Cl)C(Cl)(Cl)C(Cl)(Cl)C(Cl)(Cl)C1(Cl)Cl. The molecule has 2 unspecified atom stereocenters. The van der Waals surface area contributed by atoms with Crippen molar-refractivity contribution in [3.8, 4) is 0 Å². The Bertz CT molecular complexity index is 256. The van der Waals surface area contributed by atoms with Crippen LogP contribution in [-0.4, -0.2) is 27.6 Å². The number of hydrogen-bond acceptors (Lipinski definition) is 0. The highest BCUT2D eigenvalue weighted by atomic mass is 35.6. The summed E-state index contributed by atoms with van der Waals surface area (Å²) < 4.78 is 16.9. The third-order valence-electron chi connectivity index (χ3n) is 2.37. The first-order chi connectivity index (χ1) is 7.50. The first-order valence-electron chi connectivity index (χ1n) is 3.77. The van der Waals surface area contributed by atoms with Gasteiger partial charge in [-0.2, -0.15) is 0 Å². The van der Waals surface area contributed by atoms with Crippen LogP contribution in [0.25, 0.3) is 0 Å². The van der Waals surface area contributed by atoms with Gasteiger partial charge >= 0.3 is 0 Å². The van der Waals surface area contributed by atoms with Gasteiger partial charge in [0, 0.05) is 0 Å². The van der Waals surface area contributed by atoms with Gasteiger partial charge in [-0.3, -0.25) is 0 Å². The van der Waals surface area contributed by atoms with Crippen molar-refractivity contribution in [2.24, 2.45) is 0 Å². The van der Waals surface area contributed by atoms with Crippen LogP contribution in [0.4, 0.5) is 8.78 Å². The summed E-state index contributed by atoms with van der Waals surface area (Å²) in [7, 11) is 0. The maximum absolute atomic E-state index is 14.3. The molecular formula is C6Cl10F2. The van der Waals surface area contributed by atoms with E-state index in [9.17, 15) is 8.78 Å². The normalized spacial score (nSPS) is 44.7. The van der Waals surface area contributed by atoms with Gasteiger partial charge in [-0.1, -0.05) is 116 Å². The van der Waals surface area contributed by atoms with Gasteiger partial charge in [-0.05, 0) is 0 Å². The summed E-state index contributed by atoms with van der Waals surface area (Å²) in [5.41, 5.74) is 0. The first-order valence-corrected chi connectivity index (χ1v) is 7.55. The summed E-state index contributed by atoms with van der Waals surface area (Å²) in [6.07, 6.45) is 0. The zero-order valence-electron chi connectivity index (χ0n) is 7.54. The van der Waals surface area contributed by atoms with Crippen molar-refractivity contribution in [1.29, 1.82) is 0 Å². The van der Waals surface area contributed by atoms with E-state index in [0.29, 0.717) is 0 Å². The molecule has 1 fully saturated rings. The highest BCUT2D eigenvalue weighted by molar-refractivity contribution is 6.77. The Morgan fingerprint density at radius 3 is 0.722 bits per heavy atom.